The van der Waals surface area contributed by atoms with Crippen LogP contribution in [0, 0.1) is 0 Å². The summed E-state index contributed by atoms with van der Waals surface area (Å²) in [7, 11) is 0. The third-order valence-electron chi connectivity index (χ3n) is 3.90. The monoisotopic (exact) mass is 242 g/mol. The summed E-state index contributed by atoms with van der Waals surface area (Å²) >= 11 is 0. The van der Waals surface area contributed by atoms with Crippen molar-refractivity contribution in [3.8, 4) is 0 Å². The van der Waals surface area contributed by atoms with Gasteiger partial charge in [0, 0.05) is 25.2 Å². The van der Waals surface area contributed by atoms with Crippen LogP contribution in [0.15, 0.2) is 0 Å². The molecular formula is C14H30N2O. The molecule has 1 heterocycles. The summed E-state index contributed by atoms with van der Waals surface area (Å²) < 4.78 is 0. The van der Waals surface area contributed by atoms with Gasteiger partial charge in [-0.3, -0.25) is 4.90 Å². The zero-order valence-electron chi connectivity index (χ0n) is 12.0. The molecule has 1 saturated heterocycles. The van der Waals surface area contributed by atoms with Gasteiger partial charge in [0.1, 0.15) is 0 Å². The summed E-state index contributed by atoms with van der Waals surface area (Å²) in [6.45, 7) is 11.4. The van der Waals surface area contributed by atoms with Crippen molar-refractivity contribution in [3.05, 3.63) is 0 Å². The lowest BCUT2D eigenvalue weighted by atomic mass is 10.00. The Kier molecular flexibility index (Phi) is 5.90. The van der Waals surface area contributed by atoms with Gasteiger partial charge in [0.15, 0.2) is 0 Å². The molecule has 102 valence electrons. The van der Waals surface area contributed by atoms with Crippen LogP contribution in [0.3, 0.4) is 0 Å². The minimum Gasteiger partial charge on any atom is -0.389 e. The van der Waals surface area contributed by atoms with Crippen molar-refractivity contribution < 1.29 is 5.11 Å². The predicted molar refractivity (Wildman–Crippen MR) is 73.3 cm³/mol. The van der Waals surface area contributed by atoms with E-state index in [2.05, 4.69) is 31.0 Å². The summed E-state index contributed by atoms with van der Waals surface area (Å²) in [5.41, 5.74) is -0.557. The first kappa shape index (κ1) is 14.9. The molecular weight excluding hydrogens is 212 g/mol. The molecule has 0 aliphatic carbocycles. The van der Waals surface area contributed by atoms with Crippen molar-refractivity contribution in [1.29, 1.82) is 0 Å². The molecule has 2 unspecified atom stereocenters. The van der Waals surface area contributed by atoms with E-state index in [1.54, 1.807) is 0 Å². The van der Waals surface area contributed by atoms with Gasteiger partial charge in [-0.15, -0.1) is 0 Å². The second kappa shape index (κ2) is 6.72. The molecule has 0 aromatic rings. The highest BCUT2D eigenvalue weighted by atomic mass is 16.3. The third kappa shape index (κ3) is 5.36. The van der Waals surface area contributed by atoms with E-state index in [1.807, 2.05) is 6.92 Å². The van der Waals surface area contributed by atoms with Gasteiger partial charge in [0.05, 0.1) is 5.60 Å². The van der Waals surface area contributed by atoms with E-state index in [1.165, 1.54) is 19.3 Å². The van der Waals surface area contributed by atoms with Crippen LogP contribution in [0.1, 0.15) is 53.4 Å². The SMILES string of the molecule is CCC(C)(O)CN(CC1CCCCN1)C(C)C. The van der Waals surface area contributed by atoms with Gasteiger partial charge >= 0.3 is 0 Å². The Bertz CT molecular complexity index is 210. The number of rotatable bonds is 6. The van der Waals surface area contributed by atoms with Gasteiger partial charge in [-0.25, -0.2) is 0 Å². The molecule has 1 aliphatic rings. The molecule has 3 heteroatoms. The van der Waals surface area contributed by atoms with E-state index in [4.69, 9.17) is 0 Å². The van der Waals surface area contributed by atoms with E-state index in [0.29, 0.717) is 12.1 Å². The fourth-order valence-electron chi connectivity index (χ4n) is 2.37. The molecule has 1 aliphatic heterocycles. The minimum absolute atomic E-state index is 0.497. The maximum Gasteiger partial charge on any atom is 0.0743 e. The Morgan fingerprint density at radius 3 is 2.59 bits per heavy atom. The van der Waals surface area contributed by atoms with Gasteiger partial charge < -0.3 is 10.4 Å². The van der Waals surface area contributed by atoms with Gasteiger partial charge in [-0.2, -0.15) is 0 Å². The number of nitrogens with zero attached hydrogens (tertiary/aromatic N) is 1. The molecule has 2 N–H and O–H groups in total. The average Bonchev–Trinajstić information content (AvgIpc) is 2.29. The first-order valence-corrected chi connectivity index (χ1v) is 7.14. The van der Waals surface area contributed by atoms with Crippen molar-refractivity contribution in [3.63, 3.8) is 0 Å². The second-order valence-electron chi connectivity index (χ2n) is 6.02. The summed E-state index contributed by atoms with van der Waals surface area (Å²) in [4.78, 5) is 2.41. The van der Waals surface area contributed by atoms with Crippen LogP contribution in [0.5, 0.6) is 0 Å². The highest BCUT2D eigenvalue weighted by molar-refractivity contribution is 4.82. The van der Waals surface area contributed by atoms with Gasteiger partial charge in [0.2, 0.25) is 0 Å². The Hall–Kier alpha value is -0.120. The highest BCUT2D eigenvalue weighted by Gasteiger charge is 2.25. The first-order chi connectivity index (χ1) is 7.94. The Balaban J connectivity index is 2.47. The molecule has 0 radical (unpaired) electrons. The number of hydrogen-bond acceptors (Lipinski definition) is 3. The molecule has 3 nitrogen and oxygen atoms in total. The molecule has 0 spiro atoms. The summed E-state index contributed by atoms with van der Waals surface area (Å²) in [5, 5.41) is 13.8. The quantitative estimate of drug-likeness (QED) is 0.748. The van der Waals surface area contributed by atoms with Crippen LogP contribution in [-0.4, -0.2) is 47.3 Å². The standard InChI is InChI=1S/C14H30N2O/c1-5-14(4,17)11-16(12(2)3)10-13-8-6-7-9-15-13/h12-13,15,17H,5-11H2,1-4H3. The normalized spacial score (nSPS) is 25.2. The molecule has 2 atom stereocenters. The summed E-state index contributed by atoms with van der Waals surface area (Å²) in [6.07, 6.45) is 4.74. The fourth-order valence-corrected chi connectivity index (χ4v) is 2.37. The first-order valence-electron chi connectivity index (χ1n) is 7.14. The molecule has 0 saturated carbocycles. The zero-order valence-corrected chi connectivity index (χ0v) is 12.0. The van der Waals surface area contributed by atoms with Gasteiger partial charge in [-0.1, -0.05) is 13.3 Å². The average molecular weight is 242 g/mol. The zero-order chi connectivity index (χ0) is 12.9. The number of nitrogens with one attached hydrogen (secondary N) is 1. The second-order valence-corrected chi connectivity index (χ2v) is 6.02. The lowest BCUT2D eigenvalue weighted by Crippen LogP contribution is -2.50. The minimum atomic E-state index is -0.557. The lowest BCUT2D eigenvalue weighted by Gasteiger charge is -2.37. The number of hydrogen-bond donors (Lipinski definition) is 2. The Morgan fingerprint density at radius 2 is 2.12 bits per heavy atom. The predicted octanol–water partition coefficient (Wildman–Crippen LogP) is 2.00. The van der Waals surface area contributed by atoms with Crippen LogP contribution >= 0.6 is 0 Å². The molecule has 1 fully saturated rings. The maximum absolute atomic E-state index is 10.2. The van der Waals surface area contributed by atoms with Crippen molar-refractivity contribution in [2.45, 2.75) is 71.1 Å². The van der Waals surface area contributed by atoms with E-state index < -0.39 is 5.60 Å². The van der Waals surface area contributed by atoms with Crippen molar-refractivity contribution in [2.75, 3.05) is 19.6 Å². The van der Waals surface area contributed by atoms with Crippen molar-refractivity contribution >= 4 is 0 Å². The lowest BCUT2D eigenvalue weighted by molar-refractivity contribution is 0.00336. The Labute approximate surface area is 107 Å². The van der Waals surface area contributed by atoms with Crippen molar-refractivity contribution in [2.24, 2.45) is 0 Å². The van der Waals surface area contributed by atoms with Crippen LogP contribution in [0.25, 0.3) is 0 Å². The van der Waals surface area contributed by atoms with Crippen LogP contribution in [0.4, 0.5) is 0 Å². The highest BCUT2D eigenvalue weighted by Crippen LogP contribution is 2.16. The molecule has 1 rings (SSSR count). The fraction of sp³-hybridized carbons (Fsp3) is 1.00. The van der Waals surface area contributed by atoms with Gasteiger partial charge in [0.25, 0.3) is 0 Å². The summed E-state index contributed by atoms with van der Waals surface area (Å²) in [5.74, 6) is 0. The number of aliphatic hydroxyl groups is 1. The van der Waals surface area contributed by atoms with Crippen LogP contribution in [0.2, 0.25) is 0 Å². The number of piperidine rings is 1. The summed E-state index contributed by atoms with van der Waals surface area (Å²) in [6, 6.07) is 1.11. The molecule has 0 bridgehead atoms. The third-order valence-corrected chi connectivity index (χ3v) is 3.90. The van der Waals surface area contributed by atoms with Crippen LogP contribution < -0.4 is 5.32 Å². The Morgan fingerprint density at radius 1 is 1.41 bits per heavy atom. The molecule has 17 heavy (non-hydrogen) atoms. The van der Waals surface area contributed by atoms with E-state index in [-0.39, 0.29) is 0 Å². The smallest absolute Gasteiger partial charge is 0.0743 e. The van der Waals surface area contributed by atoms with Crippen molar-refractivity contribution in [1.82, 2.24) is 10.2 Å². The molecule has 0 aromatic carbocycles. The molecule has 0 aromatic heterocycles. The van der Waals surface area contributed by atoms with E-state index >= 15 is 0 Å². The topological polar surface area (TPSA) is 35.5 Å². The van der Waals surface area contributed by atoms with E-state index in [9.17, 15) is 5.11 Å². The molecule has 0 amide bonds. The maximum atomic E-state index is 10.2. The van der Waals surface area contributed by atoms with E-state index in [0.717, 1.165) is 26.1 Å². The van der Waals surface area contributed by atoms with Gasteiger partial charge in [-0.05, 0) is 46.6 Å². The largest absolute Gasteiger partial charge is 0.389 e. The van der Waals surface area contributed by atoms with Crippen LogP contribution in [-0.2, 0) is 0 Å².